The fourth-order valence-corrected chi connectivity index (χ4v) is 3.18. The molecule has 0 bridgehead atoms. The van der Waals surface area contributed by atoms with Crippen molar-refractivity contribution in [2.24, 2.45) is 5.92 Å². The third kappa shape index (κ3) is 5.23. The average Bonchev–Trinajstić information content (AvgIpc) is 2.44. The molecule has 1 aromatic carbocycles. The highest BCUT2D eigenvalue weighted by Gasteiger charge is 2.15. The van der Waals surface area contributed by atoms with Gasteiger partial charge in [-0.15, -0.1) is 0 Å². The number of nitrogens with one attached hydrogen (secondary N) is 1. The van der Waals surface area contributed by atoms with Gasteiger partial charge in [-0.1, -0.05) is 38.8 Å². The van der Waals surface area contributed by atoms with Crippen LogP contribution in [-0.2, 0) is 16.4 Å². The second-order valence-electron chi connectivity index (χ2n) is 5.03. The van der Waals surface area contributed by atoms with Gasteiger partial charge in [0.2, 0.25) is 10.0 Å². The summed E-state index contributed by atoms with van der Waals surface area (Å²) < 4.78 is 26.9. The van der Waals surface area contributed by atoms with E-state index >= 15 is 0 Å². The lowest BCUT2D eigenvalue weighted by molar-refractivity contribution is 0.254. The van der Waals surface area contributed by atoms with E-state index in [9.17, 15) is 8.42 Å². The number of aliphatic hydroxyl groups is 1. The molecule has 0 saturated heterocycles. The number of aryl methyl sites for hydroxylation is 1. The van der Waals surface area contributed by atoms with E-state index in [0.29, 0.717) is 17.9 Å². The quantitative estimate of drug-likeness (QED) is 0.735. The number of aliphatic hydroxyl groups excluding tert-OH is 1. The molecule has 0 unspecified atom stereocenters. The predicted octanol–water partition coefficient (Wildman–Crippen LogP) is 2.33. The smallest absolute Gasteiger partial charge is 0.240 e. The van der Waals surface area contributed by atoms with Crippen molar-refractivity contribution in [3.05, 3.63) is 29.8 Å². The van der Waals surface area contributed by atoms with Crippen molar-refractivity contribution in [1.82, 2.24) is 4.72 Å². The molecule has 0 radical (unpaired) electrons. The lowest BCUT2D eigenvalue weighted by Crippen LogP contribution is -2.29. The lowest BCUT2D eigenvalue weighted by Gasteiger charge is -2.14. The summed E-state index contributed by atoms with van der Waals surface area (Å²) in [4.78, 5) is 0.302. The highest BCUT2D eigenvalue weighted by atomic mass is 32.2. The normalized spacial score (nSPS) is 13.3. The molecule has 0 spiro atoms. The number of hydrogen-bond donors (Lipinski definition) is 2. The minimum absolute atomic E-state index is 0.0892. The zero-order valence-electron chi connectivity index (χ0n) is 12.3. The highest BCUT2D eigenvalue weighted by molar-refractivity contribution is 7.89. The van der Waals surface area contributed by atoms with E-state index in [2.05, 4.69) is 11.6 Å². The monoisotopic (exact) mass is 299 g/mol. The molecule has 20 heavy (non-hydrogen) atoms. The first-order chi connectivity index (χ1) is 9.53. The molecule has 0 amide bonds. The number of benzene rings is 1. The topological polar surface area (TPSA) is 66.4 Å². The standard InChI is InChI=1S/C15H25NO3S/c1-3-5-14-6-8-15(9-7-14)20(18,19)16-12-13(4-2)10-11-17/h6-9,13,16-17H,3-5,10-12H2,1-2H3/t13-/m1/s1. The van der Waals surface area contributed by atoms with Crippen LogP contribution in [0.3, 0.4) is 0 Å². The van der Waals surface area contributed by atoms with Crippen molar-refractivity contribution in [2.45, 2.75) is 44.4 Å². The summed E-state index contributed by atoms with van der Waals surface area (Å²) >= 11 is 0. The van der Waals surface area contributed by atoms with E-state index in [-0.39, 0.29) is 12.5 Å². The van der Waals surface area contributed by atoms with Crippen molar-refractivity contribution < 1.29 is 13.5 Å². The van der Waals surface area contributed by atoms with Crippen LogP contribution in [0.1, 0.15) is 38.7 Å². The van der Waals surface area contributed by atoms with Crippen LogP contribution in [0.15, 0.2) is 29.2 Å². The Kier molecular flexibility index (Phi) is 7.19. The molecule has 0 aromatic heterocycles. The Morgan fingerprint density at radius 1 is 1.20 bits per heavy atom. The SMILES string of the molecule is CCCc1ccc(S(=O)(=O)NC[C@H](CC)CCO)cc1. The molecule has 1 atom stereocenters. The minimum Gasteiger partial charge on any atom is -0.396 e. The molecule has 0 aliphatic rings. The van der Waals surface area contributed by atoms with Gasteiger partial charge in [-0.3, -0.25) is 0 Å². The Bertz CT molecular complexity index is 482. The van der Waals surface area contributed by atoms with Crippen LogP contribution in [0.5, 0.6) is 0 Å². The second-order valence-corrected chi connectivity index (χ2v) is 6.80. The second kappa shape index (κ2) is 8.39. The molecule has 0 heterocycles. The largest absolute Gasteiger partial charge is 0.396 e. The lowest BCUT2D eigenvalue weighted by atomic mass is 10.0. The molecule has 2 N–H and O–H groups in total. The molecule has 0 aliphatic carbocycles. The summed E-state index contributed by atoms with van der Waals surface area (Å²) in [6.45, 7) is 4.55. The third-order valence-electron chi connectivity index (χ3n) is 3.45. The number of sulfonamides is 1. The maximum absolute atomic E-state index is 12.2. The zero-order valence-corrected chi connectivity index (χ0v) is 13.1. The Labute approximate surface area is 122 Å². The molecular weight excluding hydrogens is 274 g/mol. The Morgan fingerprint density at radius 2 is 1.85 bits per heavy atom. The van der Waals surface area contributed by atoms with Crippen molar-refractivity contribution >= 4 is 10.0 Å². The van der Waals surface area contributed by atoms with Gasteiger partial charge < -0.3 is 5.11 Å². The van der Waals surface area contributed by atoms with Gasteiger partial charge in [0.25, 0.3) is 0 Å². The van der Waals surface area contributed by atoms with Crippen LogP contribution in [0.4, 0.5) is 0 Å². The molecule has 0 aliphatic heterocycles. The minimum atomic E-state index is -3.45. The summed E-state index contributed by atoms with van der Waals surface area (Å²) in [5, 5.41) is 8.92. The molecular formula is C15H25NO3S. The molecule has 5 heteroatoms. The summed E-state index contributed by atoms with van der Waals surface area (Å²) in [5.41, 5.74) is 1.15. The van der Waals surface area contributed by atoms with Crippen LogP contribution >= 0.6 is 0 Å². The van der Waals surface area contributed by atoms with E-state index in [0.717, 1.165) is 24.8 Å². The van der Waals surface area contributed by atoms with Gasteiger partial charge in [-0.25, -0.2) is 13.1 Å². The molecule has 114 valence electrons. The van der Waals surface area contributed by atoms with E-state index in [4.69, 9.17) is 5.11 Å². The first-order valence-corrected chi connectivity index (χ1v) is 8.71. The summed E-state index contributed by atoms with van der Waals surface area (Å²) in [5.74, 6) is 0.175. The maximum atomic E-state index is 12.2. The summed E-state index contributed by atoms with van der Waals surface area (Å²) in [6, 6.07) is 7.03. The summed E-state index contributed by atoms with van der Waals surface area (Å²) in [6.07, 6.45) is 3.47. The third-order valence-corrected chi connectivity index (χ3v) is 4.89. The zero-order chi connectivity index (χ0) is 15.0. The molecule has 1 rings (SSSR count). The highest BCUT2D eigenvalue weighted by Crippen LogP contribution is 2.13. The van der Waals surface area contributed by atoms with Gasteiger partial charge in [-0.05, 0) is 36.5 Å². The Morgan fingerprint density at radius 3 is 2.35 bits per heavy atom. The van der Waals surface area contributed by atoms with E-state index < -0.39 is 10.0 Å². The van der Waals surface area contributed by atoms with Crippen molar-refractivity contribution in [3.8, 4) is 0 Å². The van der Waals surface area contributed by atoms with Crippen molar-refractivity contribution in [3.63, 3.8) is 0 Å². The van der Waals surface area contributed by atoms with E-state index in [1.54, 1.807) is 12.1 Å². The fraction of sp³-hybridized carbons (Fsp3) is 0.600. The van der Waals surface area contributed by atoms with Crippen molar-refractivity contribution in [2.75, 3.05) is 13.2 Å². The fourth-order valence-electron chi connectivity index (χ4n) is 2.07. The Hall–Kier alpha value is -0.910. The van der Waals surface area contributed by atoms with E-state index in [1.165, 1.54) is 0 Å². The Balaban J connectivity index is 2.68. The molecule has 0 fully saturated rings. The first-order valence-electron chi connectivity index (χ1n) is 7.23. The van der Waals surface area contributed by atoms with Crippen LogP contribution in [0.25, 0.3) is 0 Å². The van der Waals surface area contributed by atoms with E-state index in [1.807, 2.05) is 19.1 Å². The number of hydrogen-bond acceptors (Lipinski definition) is 3. The predicted molar refractivity (Wildman–Crippen MR) is 81.1 cm³/mol. The van der Waals surface area contributed by atoms with Crippen LogP contribution in [0, 0.1) is 5.92 Å². The van der Waals surface area contributed by atoms with Gasteiger partial charge in [0, 0.05) is 13.2 Å². The number of rotatable bonds is 9. The maximum Gasteiger partial charge on any atom is 0.240 e. The van der Waals surface area contributed by atoms with Crippen LogP contribution in [-0.4, -0.2) is 26.7 Å². The average molecular weight is 299 g/mol. The van der Waals surface area contributed by atoms with Gasteiger partial charge in [0.15, 0.2) is 0 Å². The van der Waals surface area contributed by atoms with Gasteiger partial charge in [-0.2, -0.15) is 0 Å². The van der Waals surface area contributed by atoms with Gasteiger partial charge in [0.1, 0.15) is 0 Å². The van der Waals surface area contributed by atoms with Gasteiger partial charge >= 0.3 is 0 Å². The first kappa shape index (κ1) is 17.1. The van der Waals surface area contributed by atoms with Crippen LogP contribution in [0.2, 0.25) is 0 Å². The van der Waals surface area contributed by atoms with Crippen molar-refractivity contribution in [1.29, 1.82) is 0 Å². The molecule has 4 nitrogen and oxygen atoms in total. The molecule has 0 saturated carbocycles. The van der Waals surface area contributed by atoms with Crippen LogP contribution < -0.4 is 4.72 Å². The van der Waals surface area contributed by atoms with Gasteiger partial charge in [0.05, 0.1) is 4.90 Å². The summed E-state index contributed by atoms with van der Waals surface area (Å²) in [7, 11) is -3.45. The molecule has 1 aromatic rings.